The first-order valence-electron chi connectivity index (χ1n) is 10.9. The van der Waals surface area contributed by atoms with Gasteiger partial charge in [-0.3, -0.25) is 0 Å². The summed E-state index contributed by atoms with van der Waals surface area (Å²) in [4.78, 5) is -0.132. The number of aryl methyl sites for hydroxylation is 3. The molecule has 0 fully saturated rings. The van der Waals surface area contributed by atoms with Crippen molar-refractivity contribution in [3.63, 3.8) is 0 Å². The highest BCUT2D eigenvalue weighted by molar-refractivity contribution is 7.89. The Bertz CT molecular complexity index is 1470. The smallest absolute Gasteiger partial charge is 0.339 e. The molecule has 0 aliphatic heterocycles. The second-order valence-corrected chi connectivity index (χ2v) is 10.7. The third-order valence-electron chi connectivity index (χ3n) is 5.88. The van der Waals surface area contributed by atoms with Crippen molar-refractivity contribution in [1.29, 1.82) is 0 Å². The summed E-state index contributed by atoms with van der Waals surface area (Å²) < 4.78 is 72.6. The Labute approximate surface area is 207 Å². The number of alkyl halides is 3. The molecule has 0 saturated carbocycles. The average Bonchev–Trinajstić information content (AvgIpc) is 3.10. The molecular weight excluding hydrogens is 497 g/mol. The normalized spacial score (nSPS) is 13.3. The molecule has 0 aliphatic rings. The summed E-state index contributed by atoms with van der Waals surface area (Å²) in [6.07, 6.45) is -4.83. The summed E-state index contributed by atoms with van der Waals surface area (Å²) in [6, 6.07) is 16.5. The Kier molecular flexibility index (Phi) is 6.74. The SMILES string of the molecule is Cc1cc(C)c(S(=O)(=O)NC(Cn2c(-c3ccc(Cl)cc3)cc3ccccc32)C(F)(F)F)c(C)c1. The van der Waals surface area contributed by atoms with Crippen LogP contribution in [0.3, 0.4) is 0 Å². The van der Waals surface area contributed by atoms with Crippen molar-refractivity contribution in [3.8, 4) is 11.3 Å². The van der Waals surface area contributed by atoms with Gasteiger partial charge in [0.15, 0.2) is 0 Å². The van der Waals surface area contributed by atoms with Crippen LogP contribution < -0.4 is 4.72 Å². The van der Waals surface area contributed by atoms with E-state index in [4.69, 9.17) is 11.6 Å². The fraction of sp³-hybridized carbons (Fsp3) is 0.231. The Balaban J connectivity index is 1.80. The van der Waals surface area contributed by atoms with Gasteiger partial charge in [0.1, 0.15) is 6.04 Å². The molecule has 0 spiro atoms. The van der Waals surface area contributed by atoms with Gasteiger partial charge in [-0.15, -0.1) is 0 Å². The predicted molar refractivity (Wildman–Crippen MR) is 133 cm³/mol. The van der Waals surface area contributed by atoms with E-state index in [-0.39, 0.29) is 4.90 Å². The van der Waals surface area contributed by atoms with E-state index >= 15 is 0 Å². The number of halogens is 4. The highest BCUT2D eigenvalue weighted by Gasteiger charge is 2.43. The Hall–Kier alpha value is -2.81. The molecule has 1 aromatic heterocycles. The van der Waals surface area contributed by atoms with E-state index in [1.165, 1.54) is 4.57 Å². The second-order valence-electron chi connectivity index (χ2n) is 8.65. The zero-order valence-corrected chi connectivity index (χ0v) is 20.9. The lowest BCUT2D eigenvalue weighted by molar-refractivity contribution is -0.153. The maximum absolute atomic E-state index is 14.3. The number of benzene rings is 3. The van der Waals surface area contributed by atoms with Gasteiger partial charge in [0.2, 0.25) is 10.0 Å². The van der Waals surface area contributed by atoms with Crippen molar-refractivity contribution in [2.75, 3.05) is 0 Å². The first-order valence-corrected chi connectivity index (χ1v) is 12.7. The van der Waals surface area contributed by atoms with Crippen molar-refractivity contribution >= 4 is 32.5 Å². The molecule has 1 unspecified atom stereocenters. The van der Waals surface area contributed by atoms with E-state index < -0.39 is 28.8 Å². The average molecular weight is 521 g/mol. The van der Waals surface area contributed by atoms with E-state index in [9.17, 15) is 21.6 Å². The van der Waals surface area contributed by atoms with Crippen LogP contribution in [0, 0.1) is 20.8 Å². The Morgan fingerprint density at radius 3 is 2.14 bits per heavy atom. The number of para-hydroxylation sites is 1. The van der Waals surface area contributed by atoms with Crippen LogP contribution in [-0.4, -0.2) is 25.2 Å². The fourth-order valence-corrected chi connectivity index (χ4v) is 6.29. The molecule has 0 amide bonds. The zero-order valence-electron chi connectivity index (χ0n) is 19.3. The third-order valence-corrected chi connectivity index (χ3v) is 7.91. The molecule has 4 rings (SSSR count). The highest BCUT2D eigenvalue weighted by Crippen LogP contribution is 2.32. The van der Waals surface area contributed by atoms with E-state index in [2.05, 4.69) is 0 Å². The molecular formula is C26H24ClF3N2O2S. The third kappa shape index (κ3) is 5.24. The van der Waals surface area contributed by atoms with Crippen LogP contribution in [0.5, 0.6) is 0 Å². The zero-order chi connectivity index (χ0) is 25.5. The first kappa shape index (κ1) is 25.3. The maximum Gasteiger partial charge on any atom is 0.406 e. The van der Waals surface area contributed by atoms with Gasteiger partial charge in [0.25, 0.3) is 0 Å². The number of fused-ring (bicyclic) bond motifs is 1. The molecule has 0 radical (unpaired) electrons. The van der Waals surface area contributed by atoms with Crippen molar-refractivity contribution < 1.29 is 21.6 Å². The van der Waals surface area contributed by atoms with E-state index in [1.807, 2.05) is 4.72 Å². The number of aromatic nitrogens is 1. The van der Waals surface area contributed by atoms with Crippen LogP contribution in [-0.2, 0) is 16.6 Å². The monoisotopic (exact) mass is 520 g/mol. The Morgan fingerprint density at radius 2 is 1.54 bits per heavy atom. The summed E-state index contributed by atoms with van der Waals surface area (Å²) >= 11 is 6.00. The van der Waals surface area contributed by atoms with Gasteiger partial charge in [0, 0.05) is 28.2 Å². The molecule has 1 N–H and O–H groups in total. The lowest BCUT2D eigenvalue weighted by Gasteiger charge is -2.25. The predicted octanol–water partition coefficient (Wildman–Crippen LogP) is 6.80. The lowest BCUT2D eigenvalue weighted by atomic mass is 10.1. The highest BCUT2D eigenvalue weighted by atomic mass is 35.5. The molecule has 0 aliphatic carbocycles. The first-order chi connectivity index (χ1) is 16.4. The van der Waals surface area contributed by atoms with Crippen molar-refractivity contribution in [3.05, 3.63) is 88.4 Å². The molecule has 0 saturated heterocycles. The number of sulfonamides is 1. The van der Waals surface area contributed by atoms with E-state index in [0.29, 0.717) is 32.9 Å². The van der Waals surface area contributed by atoms with Crippen LogP contribution in [0.2, 0.25) is 5.02 Å². The summed E-state index contributed by atoms with van der Waals surface area (Å²) in [5, 5.41) is 1.24. The van der Waals surface area contributed by atoms with Crippen LogP contribution in [0.1, 0.15) is 16.7 Å². The van der Waals surface area contributed by atoms with Crippen LogP contribution >= 0.6 is 11.6 Å². The number of nitrogens with zero attached hydrogens (tertiary/aromatic N) is 1. The van der Waals surface area contributed by atoms with Crippen molar-refractivity contribution in [2.45, 2.75) is 44.4 Å². The van der Waals surface area contributed by atoms with Gasteiger partial charge in [-0.2, -0.15) is 17.9 Å². The minimum atomic E-state index is -4.83. The van der Waals surface area contributed by atoms with Gasteiger partial charge < -0.3 is 4.57 Å². The topological polar surface area (TPSA) is 51.1 Å². The maximum atomic E-state index is 14.3. The minimum absolute atomic E-state index is 0.132. The molecule has 184 valence electrons. The summed E-state index contributed by atoms with van der Waals surface area (Å²) in [5.41, 5.74) is 3.37. The molecule has 0 bridgehead atoms. The minimum Gasteiger partial charge on any atom is -0.339 e. The number of hydrogen-bond donors (Lipinski definition) is 1. The molecule has 4 aromatic rings. The Morgan fingerprint density at radius 1 is 0.943 bits per heavy atom. The summed E-state index contributed by atoms with van der Waals surface area (Å²) in [7, 11) is -4.46. The van der Waals surface area contributed by atoms with Crippen molar-refractivity contribution in [1.82, 2.24) is 9.29 Å². The second kappa shape index (κ2) is 9.33. The van der Waals surface area contributed by atoms with Gasteiger partial charge in [-0.05, 0) is 61.7 Å². The van der Waals surface area contributed by atoms with Crippen molar-refractivity contribution in [2.24, 2.45) is 0 Å². The standard InChI is InChI=1S/C26H24ClF3N2O2S/c1-16-12-17(2)25(18(3)13-16)35(33,34)31-24(26(28,29)30)15-32-22-7-5-4-6-20(22)14-23(32)19-8-10-21(27)11-9-19/h4-14,24,31H,15H2,1-3H3. The van der Waals surface area contributed by atoms with Crippen LogP contribution in [0.25, 0.3) is 22.2 Å². The van der Waals surface area contributed by atoms with Gasteiger partial charge in [-0.1, -0.05) is 59.6 Å². The van der Waals surface area contributed by atoms with Crippen LogP contribution in [0.15, 0.2) is 71.6 Å². The molecule has 1 atom stereocenters. The fourth-order valence-electron chi connectivity index (χ4n) is 4.49. The van der Waals surface area contributed by atoms with E-state index in [0.717, 1.165) is 10.9 Å². The van der Waals surface area contributed by atoms with Gasteiger partial charge in [0.05, 0.1) is 4.90 Å². The molecule has 1 heterocycles. The summed E-state index contributed by atoms with van der Waals surface area (Å²) in [6.45, 7) is 4.32. The summed E-state index contributed by atoms with van der Waals surface area (Å²) in [5.74, 6) is 0. The van der Waals surface area contributed by atoms with E-state index in [1.54, 1.807) is 87.5 Å². The van der Waals surface area contributed by atoms with Gasteiger partial charge in [-0.25, -0.2) is 8.42 Å². The molecule has 9 heteroatoms. The number of rotatable bonds is 6. The quantitative estimate of drug-likeness (QED) is 0.304. The number of nitrogens with one attached hydrogen (secondary N) is 1. The van der Waals surface area contributed by atoms with Gasteiger partial charge >= 0.3 is 6.18 Å². The lowest BCUT2D eigenvalue weighted by Crippen LogP contribution is -2.48. The molecule has 4 nitrogen and oxygen atoms in total. The molecule has 35 heavy (non-hydrogen) atoms. The van der Waals surface area contributed by atoms with Crippen LogP contribution in [0.4, 0.5) is 13.2 Å². The molecule has 3 aromatic carbocycles. The number of hydrogen-bond acceptors (Lipinski definition) is 2. The largest absolute Gasteiger partial charge is 0.406 e.